The van der Waals surface area contributed by atoms with Crippen molar-refractivity contribution in [2.75, 3.05) is 0 Å². The Kier molecular flexibility index (Phi) is 4.32. The van der Waals surface area contributed by atoms with Crippen LogP contribution in [-0.2, 0) is 11.2 Å². The quantitative estimate of drug-likeness (QED) is 0.895. The maximum absolute atomic E-state index is 11.1. The van der Waals surface area contributed by atoms with Crippen LogP contribution in [0.25, 0.3) is 0 Å². The lowest BCUT2D eigenvalue weighted by atomic mass is 10.0. The summed E-state index contributed by atoms with van der Waals surface area (Å²) in [6, 6.07) is 3.05. The van der Waals surface area contributed by atoms with Crippen molar-refractivity contribution in [2.45, 2.75) is 12.8 Å². The minimum atomic E-state index is -0.929. The van der Waals surface area contributed by atoms with E-state index in [1.807, 2.05) is 0 Å². The molecule has 86 valence electrons. The van der Waals surface area contributed by atoms with Gasteiger partial charge in [0.05, 0.1) is 5.02 Å². The van der Waals surface area contributed by atoms with Gasteiger partial charge < -0.3 is 10.8 Å². The van der Waals surface area contributed by atoms with Crippen molar-refractivity contribution in [3.8, 4) is 0 Å². The number of carbonyl (C=O) groups excluding carboxylic acids is 1. The molecule has 0 atom stereocenters. The molecule has 1 aromatic rings. The third-order valence-corrected chi connectivity index (χ3v) is 3.22. The number of amides is 1. The second-order valence-electron chi connectivity index (χ2n) is 3.18. The molecule has 0 saturated carbocycles. The highest BCUT2D eigenvalue weighted by atomic mass is 79.9. The zero-order chi connectivity index (χ0) is 12.3. The maximum Gasteiger partial charge on any atom is 0.303 e. The van der Waals surface area contributed by atoms with Gasteiger partial charge in [0.2, 0.25) is 5.91 Å². The summed E-state index contributed by atoms with van der Waals surface area (Å²) in [6.45, 7) is 0. The van der Waals surface area contributed by atoms with Crippen LogP contribution in [0.1, 0.15) is 22.3 Å². The molecule has 0 aliphatic carbocycles. The highest BCUT2D eigenvalue weighted by Gasteiger charge is 2.12. The molecule has 0 aliphatic rings. The highest BCUT2D eigenvalue weighted by molar-refractivity contribution is 9.10. The van der Waals surface area contributed by atoms with Gasteiger partial charge in [-0.1, -0.05) is 11.6 Å². The summed E-state index contributed by atoms with van der Waals surface area (Å²) >= 11 is 9.03. The fourth-order valence-corrected chi connectivity index (χ4v) is 1.82. The Morgan fingerprint density at radius 1 is 1.44 bits per heavy atom. The summed E-state index contributed by atoms with van der Waals surface area (Å²) in [5, 5.41) is 8.94. The van der Waals surface area contributed by atoms with E-state index in [1.54, 1.807) is 6.07 Å². The van der Waals surface area contributed by atoms with Crippen LogP contribution in [0.4, 0.5) is 0 Å². The van der Waals surface area contributed by atoms with E-state index in [9.17, 15) is 9.59 Å². The van der Waals surface area contributed by atoms with Crippen molar-refractivity contribution in [1.29, 1.82) is 0 Å². The standard InChI is InChI=1S/C10H9BrClNO3/c11-7-3-5(1-2-9(14)15)6(10(13)16)4-8(7)12/h3-4H,1-2H2,(H2,13,16)(H,14,15). The number of hydrogen-bond acceptors (Lipinski definition) is 2. The van der Waals surface area contributed by atoms with Crippen LogP contribution in [0.2, 0.25) is 5.02 Å². The van der Waals surface area contributed by atoms with Gasteiger partial charge in [0.1, 0.15) is 0 Å². The normalized spacial score (nSPS) is 10.1. The van der Waals surface area contributed by atoms with E-state index in [2.05, 4.69) is 15.9 Å². The van der Waals surface area contributed by atoms with E-state index < -0.39 is 11.9 Å². The Hall–Kier alpha value is -1.07. The second kappa shape index (κ2) is 5.32. The number of rotatable bonds is 4. The molecule has 0 unspecified atom stereocenters. The third kappa shape index (κ3) is 3.21. The molecular weight excluding hydrogens is 297 g/mol. The van der Waals surface area contributed by atoms with E-state index >= 15 is 0 Å². The molecule has 1 amide bonds. The number of hydrogen-bond donors (Lipinski definition) is 2. The van der Waals surface area contributed by atoms with E-state index in [1.165, 1.54) is 6.07 Å². The summed E-state index contributed by atoms with van der Waals surface area (Å²) in [7, 11) is 0. The Labute approximate surface area is 106 Å². The maximum atomic E-state index is 11.1. The fraction of sp³-hybridized carbons (Fsp3) is 0.200. The van der Waals surface area contributed by atoms with E-state index in [-0.39, 0.29) is 18.4 Å². The van der Waals surface area contributed by atoms with Crippen molar-refractivity contribution in [3.05, 3.63) is 32.8 Å². The second-order valence-corrected chi connectivity index (χ2v) is 4.44. The smallest absolute Gasteiger partial charge is 0.303 e. The van der Waals surface area contributed by atoms with Gasteiger partial charge in [-0.05, 0) is 40.0 Å². The van der Waals surface area contributed by atoms with Crippen molar-refractivity contribution >= 4 is 39.4 Å². The summed E-state index contributed by atoms with van der Waals surface area (Å²) in [4.78, 5) is 21.6. The molecule has 3 N–H and O–H groups in total. The molecule has 6 heteroatoms. The molecule has 0 aromatic heterocycles. The van der Waals surface area contributed by atoms with Gasteiger partial charge in [0, 0.05) is 16.5 Å². The van der Waals surface area contributed by atoms with Gasteiger partial charge in [-0.3, -0.25) is 9.59 Å². The van der Waals surface area contributed by atoms with E-state index in [0.717, 1.165) is 0 Å². The molecule has 1 aromatic carbocycles. The Balaban J connectivity index is 3.09. The fourth-order valence-electron chi connectivity index (χ4n) is 1.27. The molecule has 0 saturated heterocycles. The average Bonchev–Trinajstić information content (AvgIpc) is 2.18. The van der Waals surface area contributed by atoms with Crippen molar-refractivity contribution < 1.29 is 14.7 Å². The topological polar surface area (TPSA) is 80.4 Å². The number of aryl methyl sites for hydroxylation is 1. The summed E-state index contributed by atoms with van der Waals surface area (Å²) in [5.74, 6) is -1.55. The van der Waals surface area contributed by atoms with Crippen LogP contribution in [0.3, 0.4) is 0 Å². The van der Waals surface area contributed by atoms with Crippen LogP contribution in [0.5, 0.6) is 0 Å². The Morgan fingerprint density at radius 2 is 2.06 bits per heavy atom. The molecule has 0 spiro atoms. The number of primary amides is 1. The monoisotopic (exact) mass is 305 g/mol. The van der Waals surface area contributed by atoms with Crippen LogP contribution in [0, 0.1) is 0 Å². The molecule has 16 heavy (non-hydrogen) atoms. The first-order valence-corrected chi connectivity index (χ1v) is 5.58. The number of aliphatic carboxylic acids is 1. The molecular formula is C10H9BrClNO3. The number of carboxylic acids is 1. The lowest BCUT2D eigenvalue weighted by Crippen LogP contribution is -2.14. The van der Waals surface area contributed by atoms with Gasteiger partial charge in [-0.15, -0.1) is 0 Å². The number of nitrogens with two attached hydrogens (primary N) is 1. The minimum absolute atomic E-state index is 0.0612. The minimum Gasteiger partial charge on any atom is -0.481 e. The lowest BCUT2D eigenvalue weighted by molar-refractivity contribution is -0.136. The summed E-state index contributed by atoms with van der Waals surface area (Å²) in [5.41, 5.74) is 6.01. The summed E-state index contributed by atoms with van der Waals surface area (Å²) in [6.07, 6.45) is 0.178. The van der Waals surface area contributed by atoms with Crippen molar-refractivity contribution in [2.24, 2.45) is 5.73 Å². The third-order valence-electron chi connectivity index (χ3n) is 2.02. The predicted molar refractivity (Wildman–Crippen MR) is 63.6 cm³/mol. The predicted octanol–water partition coefficient (Wildman–Crippen LogP) is 2.22. The van der Waals surface area contributed by atoms with Crippen molar-refractivity contribution in [1.82, 2.24) is 0 Å². The zero-order valence-electron chi connectivity index (χ0n) is 8.17. The molecule has 4 nitrogen and oxygen atoms in total. The SMILES string of the molecule is NC(=O)c1cc(Cl)c(Br)cc1CCC(=O)O. The zero-order valence-corrected chi connectivity index (χ0v) is 10.5. The van der Waals surface area contributed by atoms with E-state index in [0.29, 0.717) is 15.1 Å². The van der Waals surface area contributed by atoms with Crippen molar-refractivity contribution in [3.63, 3.8) is 0 Å². The van der Waals surface area contributed by atoms with Crippen LogP contribution in [-0.4, -0.2) is 17.0 Å². The van der Waals surface area contributed by atoms with Gasteiger partial charge in [-0.2, -0.15) is 0 Å². The van der Waals surface area contributed by atoms with E-state index in [4.69, 9.17) is 22.4 Å². The highest BCUT2D eigenvalue weighted by Crippen LogP contribution is 2.27. The molecule has 1 rings (SSSR count). The van der Waals surface area contributed by atoms with Gasteiger partial charge >= 0.3 is 5.97 Å². The van der Waals surface area contributed by atoms with Gasteiger partial charge in [-0.25, -0.2) is 0 Å². The molecule has 0 bridgehead atoms. The first kappa shape index (κ1) is 13.0. The van der Waals surface area contributed by atoms with Gasteiger partial charge in [0.25, 0.3) is 0 Å². The molecule has 0 fully saturated rings. The largest absolute Gasteiger partial charge is 0.481 e. The first-order chi connectivity index (χ1) is 7.41. The first-order valence-electron chi connectivity index (χ1n) is 4.41. The number of halogens is 2. The molecule has 0 heterocycles. The lowest BCUT2D eigenvalue weighted by Gasteiger charge is -2.07. The summed E-state index contributed by atoms with van der Waals surface area (Å²) < 4.78 is 0.611. The molecule has 0 radical (unpaired) electrons. The van der Waals surface area contributed by atoms with Crippen LogP contribution >= 0.6 is 27.5 Å². The Morgan fingerprint density at radius 3 is 2.56 bits per heavy atom. The average molecular weight is 307 g/mol. The van der Waals surface area contributed by atoms with Crippen LogP contribution < -0.4 is 5.73 Å². The number of benzene rings is 1. The Bertz CT molecular complexity index is 448. The molecule has 0 aliphatic heterocycles. The van der Waals surface area contributed by atoms with Crippen LogP contribution in [0.15, 0.2) is 16.6 Å². The number of carboxylic acid groups (broad SMARTS) is 1. The van der Waals surface area contributed by atoms with Gasteiger partial charge in [0.15, 0.2) is 0 Å². The number of carbonyl (C=O) groups is 2.